The SMILES string of the molecule is Cc1cccc(C[C@H](F)CBr)c1. The minimum atomic E-state index is -0.771. The molecule has 1 rings (SSSR count). The Bertz CT molecular complexity index is 247. The number of rotatable bonds is 3. The van der Waals surface area contributed by atoms with Crippen molar-refractivity contribution < 1.29 is 4.39 Å². The molecule has 12 heavy (non-hydrogen) atoms. The number of aryl methyl sites for hydroxylation is 1. The van der Waals surface area contributed by atoms with Crippen molar-refractivity contribution in [2.75, 3.05) is 5.33 Å². The lowest BCUT2D eigenvalue weighted by Gasteiger charge is -2.04. The molecule has 0 amide bonds. The van der Waals surface area contributed by atoms with Crippen LogP contribution in [0.5, 0.6) is 0 Å². The van der Waals surface area contributed by atoms with Gasteiger partial charge in [0.15, 0.2) is 0 Å². The van der Waals surface area contributed by atoms with E-state index < -0.39 is 6.17 Å². The highest BCUT2D eigenvalue weighted by atomic mass is 79.9. The van der Waals surface area contributed by atoms with Crippen LogP contribution in [0, 0.1) is 6.92 Å². The third-order valence-electron chi connectivity index (χ3n) is 1.71. The van der Waals surface area contributed by atoms with Crippen LogP contribution in [-0.4, -0.2) is 11.5 Å². The number of halogens is 2. The molecule has 0 saturated heterocycles. The van der Waals surface area contributed by atoms with Crippen molar-refractivity contribution >= 4 is 15.9 Å². The zero-order valence-electron chi connectivity index (χ0n) is 7.06. The van der Waals surface area contributed by atoms with Crippen molar-refractivity contribution in [1.29, 1.82) is 0 Å². The first-order valence-electron chi connectivity index (χ1n) is 3.98. The topological polar surface area (TPSA) is 0 Å². The summed E-state index contributed by atoms with van der Waals surface area (Å²) >= 11 is 3.12. The fourth-order valence-corrected chi connectivity index (χ4v) is 1.38. The molecule has 2 heteroatoms. The number of hydrogen-bond donors (Lipinski definition) is 0. The van der Waals surface area contributed by atoms with Crippen LogP contribution >= 0.6 is 15.9 Å². The molecule has 0 aliphatic carbocycles. The van der Waals surface area contributed by atoms with E-state index in [1.54, 1.807) is 0 Å². The van der Waals surface area contributed by atoms with Crippen LogP contribution in [-0.2, 0) is 6.42 Å². The van der Waals surface area contributed by atoms with Crippen molar-refractivity contribution in [2.45, 2.75) is 19.5 Å². The van der Waals surface area contributed by atoms with E-state index in [4.69, 9.17) is 0 Å². The number of hydrogen-bond acceptors (Lipinski definition) is 0. The second kappa shape index (κ2) is 4.61. The van der Waals surface area contributed by atoms with E-state index in [9.17, 15) is 4.39 Å². The van der Waals surface area contributed by atoms with Crippen molar-refractivity contribution in [2.24, 2.45) is 0 Å². The number of alkyl halides is 2. The summed E-state index contributed by atoms with van der Waals surface area (Å²) in [5.41, 5.74) is 2.26. The largest absolute Gasteiger partial charge is 0.246 e. The van der Waals surface area contributed by atoms with Gasteiger partial charge in [0.05, 0.1) is 0 Å². The highest BCUT2D eigenvalue weighted by Gasteiger charge is 2.04. The fraction of sp³-hybridized carbons (Fsp3) is 0.400. The Balaban J connectivity index is 2.63. The van der Waals surface area contributed by atoms with E-state index in [0.717, 1.165) is 5.56 Å². The predicted molar refractivity (Wildman–Crippen MR) is 53.6 cm³/mol. The molecule has 1 aromatic carbocycles. The third kappa shape index (κ3) is 2.94. The maximum absolute atomic E-state index is 12.9. The molecule has 0 spiro atoms. The van der Waals surface area contributed by atoms with Gasteiger partial charge in [-0.3, -0.25) is 0 Å². The molecule has 0 heterocycles. The van der Waals surface area contributed by atoms with E-state index in [1.165, 1.54) is 5.56 Å². The first kappa shape index (κ1) is 9.72. The average molecular weight is 231 g/mol. The summed E-state index contributed by atoms with van der Waals surface area (Å²) in [6.07, 6.45) is -0.265. The third-order valence-corrected chi connectivity index (χ3v) is 2.41. The zero-order chi connectivity index (χ0) is 8.97. The molecule has 0 radical (unpaired) electrons. The molecule has 0 saturated carbocycles. The van der Waals surface area contributed by atoms with Crippen LogP contribution in [0.1, 0.15) is 11.1 Å². The molecule has 0 N–H and O–H groups in total. The van der Waals surface area contributed by atoms with Crippen LogP contribution in [0.4, 0.5) is 4.39 Å². The Hall–Kier alpha value is -0.370. The number of benzene rings is 1. The van der Waals surface area contributed by atoms with Gasteiger partial charge in [-0.1, -0.05) is 45.8 Å². The molecular formula is C10H12BrF. The summed E-state index contributed by atoms with van der Waals surface area (Å²) in [5, 5.41) is 0.418. The minimum Gasteiger partial charge on any atom is -0.246 e. The monoisotopic (exact) mass is 230 g/mol. The van der Waals surface area contributed by atoms with E-state index in [2.05, 4.69) is 15.9 Å². The second-order valence-corrected chi connectivity index (χ2v) is 3.59. The summed E-state index contributed by atoms with van der Waals surface area (Å²) in [6, 6.07) is 7.97. The van der Waals surface area contributed by atoms with Gasteiger partial charge >= 0.3 is 0 Å². The summed E-state index contributed by atoms with van der Waals surface area (Å²) in [5.74, 6) is 0. The standard InChI is InChI=1S/C10H12BrF/c1-8-3-2-4-9(5-8)6-10(12)7-11/h2-5,10H,6-7H2,1H3/t10-/m0/s1. The summed E-state index contributed by atoms with van der Waals surface area (Å²) < 4.78 is 12.9. The van der Waals surface area contributed by atoms with Crippen LogP contribution in [0.25, 0.3) is 0 Å². The van der Waals surface area contributed by atoms with E-state index in [1.807, 2.05) is 31.2 Å². The first-order chi connectivity index (χ1) is 5.72. The molecule has 0 nitrogen and oxygen atoms in total. The summed E-state index contributed by atoms with van der Waals surface area (Å²) in [6.45, 7) is 2.02. The van der Waals surface area contributed by atoms with E-state index in [-0.39, 0.29) is 0 Å². The molecule has 0 aliphatic heterocycles. The highest BCUT2D eigenvalue weighted by molar-refractivity contribution is 9.09. The molecule has 66 valence electrons. The van der Waals surface area contributed by atoms with Crippen molar-refractivity contribution in [1.82, 2.24) is 0 Å². The highest BCUT2D eigenvalue weighted by Crippen LogP contribution is 2.09. The quantitative estimate of drug-likeness (QED) is 0.700. The summed E-state index contributed by atoms with van der Waals surface area (Å²) in [7, 11) is 0. The molecular weight excluding hydrogens is 219 g/mol. The molecule has 1 atom stereocenters. The van der Waals surface area contributed by atoms with Gasteiger partial charge in [0.2, 0.25) is 0 Å². The van der Waals surface area contributed by atoms with Gasteiger partial charge in [-0.2, -0.15) is 0 Å². The van der Waals surface area contributed by atoms with Gasteiger partial charge in [0.1, 0.15) is 6.17 Å². The molecule has 0 bridgehead atoms. The van der Waals surface area contributed by atoms with Gasteiger partial charge in [0.25, 0.3) is 0 Å². The van der Waals surface area contributed by atoms with Crippen LogP contribution in [0.3, 0.4) is 0 Å². The lowest BCUT2D eigenvalue weighted by molar-refractivity contribution is 0.368. The molecule has 1 aromatic rings. The Morgan fingerprint density at radius 2 is 2.25 bits per heavy atom. The Labute approximate surface area is 80.9 Å². The van der Waals surface area contributed by atoms with Gasteiger partial charge in [0, 0.05) is 11.8 Å². The van der Waals surface area contributed by atoms with Crippen LogP contribution in [0.15, 0.2) is 24.3 Å². The molecule has 0 aromatic heterocycles. The Morgan fingerprint density at radius 3 is 2.83 bits per heavy atom. The minimum absolute atomic E-state index is 0.418. The fourth-order valence-electron chi connectivity index (χ4n) is 1.15. The molecule has 0 unspecified atom stereocenters. The van der Waals surface area contributed by atoms with Crippen LogP contribution < -0.4 is 0 Å². The maximum atomic E-state index is 12.9. The Kier molecular flexibility index (Phi) is 3.73. The normalized spacial score (nSPS) is 12.9. The van der Waals surface area contributed by atoms with E-state index >= 15 is 0 Å². The van der Waals surface area contributed by atoms with Crippen molar-refractivity contribution in [3.8, 4) is 0 Å². The lowest BCUT2D eigenvalue weighted by Crippen LogP contribution is -2.05. The maximum Gasteiger partial charge on any atom is 0.114 e. The van der Waals surface area contributed by atoms with Gasteiger partial charge in [-0.15, -0.1) is 0 Å². The van der Waals surface area contributed by atoms with Crippen molar-refractivity contribution in [3.63, 3.8) is 0 Å². The van der Waals surface area contributed by atoms with Gasteiger partial charge < -0.3 is 0 Å². The average Bonchev–Trinajstić information content (AvgIpc) is 2.04. The van der Waals surface area contributed by atoms with Crippen molar-refractivity contribution in [3.05, 3.63) is 35.4 Å². The smallest absolute Gasteiger partial charge is 0.114 e. The molecule has 0 fully saturated rings. The second-order valence-electron chi connectivity index (χ2n) is 2.94. The molecule has 0 aliphatic rings. The zero-order valence-corrected chi connectivity index (χ0v) is 8.64. The summed E-state index contributed by atoms with van der Waals surface area (Å²) in [4.78, 5) is 0. The lowest BCUT2D eigenvalue weighted by atomic mass is 10.1. The van der Waals surface area contributed by atoms with Gasteiger partial charge in [-0.25, -0.2) is 4.39 Å². The van der Waals surface area contributed by atoms with E-state index in [0.29, 0.717) is 11.8 Å². The first-order valence-corrected chi connectivity index (χ1v) is 5.10. The Morgan fingerprint density at radius 1 is 1.50 bits per heavy atom. The van der Waals surface area contributed by atoms with Crippen LogP contribution in [0.2, 0.25) is 0 Å². The van der Waals surface area contributed by atoms with Gasteiger partial charge in [-0.05, 0) is 12.5 Å². The predicted octanol–water partition coefficient (Wildman–Crippen LogP) is 3.27.